The number of likely N-dealkylation sites (tertiary alicyclic amines) is 1. The second kappa shape index (κ2) is 5.68. The number of rotatable bonds is 6. The van der Waals surface area contributed by atoms with Crippen molar-refractivity contribution in [2.75, 3.05) is 0 Å². The van der Waals surface area contributed by atoms with Crippen LogP contribution in [0.25, 0.3) is 0 Å². The normalized spacial score (nSPS) is 28.1. The number of furan rings is 1. The first-order valence-electron chi connectivity index (χ1n) is 7.83. The summed E-state index contributed by atoms with van der Waals surface area (Å²) in [7, 11) is 0. The summed E-state index contributed by atoms with van der Waals surface area (Å²) in [5, 5.41) is 3.50. The molecular weight excluding hydrogens is 236 g/mol. The first-order valence-corrected chi connectivity index (χ1v) is 7.83. The molecule has 3 nitrogen and oxygen atoms in total. The van der Waals surface area contributed by atoms with E-state index in [0.29, 0.717) is 6.04 Å². The van der Waals surface area contributed by atoms with Crippen molar-refractivity contribution in [1.29, 1.82) is 0 Å². The molecule has 0 bridgehead atoms. The van der Waals surface area contributed by atoms with Crippen LogP contribution in [0.3, 0.4) is 0 Å². The topological polar surface area (TPSA) is 28.4 Å². The summed E-state index contributed by atoms with van der Waals surface area (Å²) in [6.45, 7) is 6.50. The highest BCUT2D eigenvalue weighted by atomic mass is 16.3. The summed E-state index contributed by atoms with van der Waals surface area (Å²) in [5.74, 6) is 2.21. The Hall–Kier alpha value is -0.800. The van der Waals surface area contributed by atoms with Crippen LogP contribution in [0.5, 0.6) is 0 Å². The van der Waals surface area contributed by atoms with Gasteiger partial charge in [-0.05, 0) is 51.2 Å². The molecule has 106 valence electrons. The number of hydrogen-bond acceptors (Lipinski definition) is 3. The van der Waals surface area contributed by atoms with Crippen LogP contribution in [-0.2, 0) is 13.1 Å². The SMILES string of the molecule is CCC1CCC(C)N1Cc1ccc(CNC2CC2)o1. The third-order valence-electron chi connectivity index (χ3n) is 4.62. The minimum absolute atomic E-state index is 0.697. The molecule has 2 fully saturated rings. The van der Waals surface area contributed by atoms with Gasteiger partial charge in [0.2, 0.25) is 0 Å². The van der Waals surface area contributed by atoms with Gasteiger partial charge in [0.15, 0.2) is 0 Å². The third-order valence-corrected chi connectivity index (χ3v) is 4.62. The van der Waals surface area contributed by atoms with Gasteiger partial charge in [-0.15, -0.1) is 0 Å². The Labute approximate surface area is 116 Å². The quantitative estimate of drug-likeness (QED) is 0.852. The van der Waals surface area contributed by atoms with Gasteiger partial charge in [0.1, 0.15) is 11.5 Å². The maximum absolute atomic E-state index is 5.96. The molecule has 2 atom stereocenters. The van der Waals surface area contributed by atoms with E-state index in [1.54, 1.807) is 0 Å². The molecule has 1 saturated heterocycles. The van der Waals surface area contributed by atoms with E-state index in [0.717, 1.165) is 36.7 Å². The van der Waals surface area contributed by atoms with Crippen molar-refractivity contribution >= 4 is 0 Å². The Kier molecular flexibility index (Phi) is 3.94. The summed E-state index contributed by atoms with van der Waals surface area (Å²) in [6.07, 6.45) is 6.58. The standard InChI is InChI=1S/C16H26N2O/c1-3-14-7-4-12(2)18(14)11-16-9-8-15(19-16)10-17-13-5-6-13/h8-9,12-14,17H,3-7,10-11H2,1-2H3. The molecule has 19 heavy (non-hydrogen) atoms. The molecule has 2 aliphatic rings. The van der Waals surface area contributed by atoms with Gasteiger partial charge in [-0.1, -0.05) is 6.92 Å². The molecule has 0 aromatic carbocycles. The second-order valence-electron chi connectivity index (χ2n) is 6.18. The van der Waals surface area contributed by atoms with Gasteiger partial charge in [0.25, 0.3) is 0 Å². The zero-order valence-corrected chi connectivity index (χ0v) is 12.2. The molecule has 1 aromatic rings. The highest BCUT2D eigenvalue weighted by Gasteiger charge is 2.29. The van der Waals surface area contributed by atoms with Crippen molar-refractivity contribution in [2.45, 2.75) is 77.2 Å². The summed E-state index contributed by atoms with van der Waals surface area (Å²) >= 11 is 0. The highest BCUT2D eigenvalue weighted by Crippen LogP contribution is 2.28. The van der Waals surface area contributed by atoms with Crippen LogP contribution in [-0.4, -0.2) is 23.0 Å². The molecule has 1 aliphatic heterocycles. The monoisotopic (exact) mass is 262 g/mol. The number of nitrogens with one attached hydrogen (secondary N) is 1. The summed E-state index contributed by atoms with van der Waals surface area (Å²) in [6, 6.07) is 6.47. The van der Waals surface area contributed by atoms with Crippen LogP contribution >= 0.6 is 0 Å². The summed E-state index contributed by atoms with van der Waals surface area (Å²) in [4.78, 5) is 2.61. The van der Waals surface area contributed by atoms with Crippen LogP contribution in [0, 0.1) is 0 Å². The summed E-state index contributed by atoms with van der Waals surface area (Å²) < 4.78 is 5.96. The molecule has 1 aromatic heterocycles. The Bertz CT molecular complexity index is 411. The molecule has 1 N–H and O–H groups in total. The van der Waals surface area contributed by atoms with Crippen LogP contribution in [0.15, 0.2) is 16.5 Å². The van der Waals surface area contributed by atoms with E-state index in [4.69, 9.17) is 4.42 Å². The van der Waals surface area contributed by atoms with Crippen molar-refractivity contribution < 1.29 is 4.42 Å². The third kappa shape index (κ3) is 3.21. The van der Waals surface area contributed by atoms with Gasteiger partial charge >= 0.3 is 0 Å². The lowest BCUT2D eigenvalue weighted by atomic mass is 10.1. The van der Waals surface area contributed by atoms with Crippen LogP contribution < -0.4 is 5.32 Å². The largest absolute Gasteiger partial charge is 0.463 e. The fourth-order valence-electron chi connectivity index (χ4n) is 3.16. The van der Waals surface area contributed by atoms with Gasteiger partial charge in [-0.25, -0.2) is 0 Å². The van der Waals surface area contributed by atoms with Gasteiger partial charge < -0.3 is 9.73 Å². The average molecular weight is 262 g/mol. The Morgan fingerprint density at radius 1 is 1.21 bits per heavy atom. The van der Waals surface area contributed by atoms with Crippen molar-refractivity contribution in [3.8, 4) is 0 Å². The number of hydrogen-bond donors (Lipinski definition) is 1. The lowest BCUT2D eigenvalue weighted by Gasteiger charge is -2.26. The predicted octanol–water partition coefficient (Wildman–Crippen LogP) is 3.29. The Balaban J connectivity index is 1.56. The molecule has 3 rings (SSSR count). The van der Waals surface area contributed by atoms with Crippen molar-refractivity contribution in [3.05, 3.63) is 23.7 Å². The number of nitrogens with zero attached hydrogens (tertiary/aromatic N) is 1. The van der Waals surface area contributed by atoms with Gasteiger partial charge in [-0.2, -0.15) is 0 Å². The van der Waals surface area contributed by atoms with E-state index in [-0.39, 0.29) is 0 Å². The maximum atomic E-state index is 5.96. The summed E-state index contributed by atoms with van der Waals surface area (Å²) in [5.41, 5.74) is 0. The zero-order chi connectivity index (χ0) is 13.2. The lowest BCUT2D eigenvalue weighted by Crippen LogP contribution is -2.33. The lowest BCUT2D eigenvalue weighted by molar-refractivity contribution is 0.174. The van der Waals surface area contributed by atoms with Crippen LogP contribution in [0.2, 0.25) is 0 Å². The van der Waals surface area contributed by atoms with Crippen molar-refractivity contribution in [3.63, 3.8) is 0 Å². The molecule has 2 heterocycles. The molecule has 1 saturated carbocycles. The van der Waals surface area contributed by atoms with E-state index in [1.807, 2.05) is 0 Å². The van der Waals surface area contributed by atoms with Crippen molar-refractivity contribution in [2.24, 2.45) is 0 Å². The van der Waals surface area contributed by atoms with E-state index in [1.165, 1.54) is 32.1 Å². The second-order valence-corrected chi connectivity index (χ2v) is 6.18. The minimum atomic E-state index is 0.697. The van der Waals surface area contributed by atoms with Crippen LogP contribution in [0.1, 0.15) is 57.5 Å². The Morgan fingerprint density at radius 3 is 2.74 bits per heavy atom. The molecule has 3 heteroatoms. The first-order chi connectivity index (χ1) is 9.26. The van der Waals surface area contributed by atoms with E-state index < -0.39 is 0 Å². The van der Waals surface area contributed by atoms with Gasteiger partial charge in [0, 0.05) is 18.1 Å². The fraction of sp³-hybridized carbons (Fsp3) is 0.750. The molecular formula is C16H26N2O. The van der Waals surface area contributed by atoms with Crippen molar-refractivity contribution in [1.82, 2.24) is 10.2 Å². The minimum Gasteiger partial charge on any atom is -0.463 e. The molecule has 0 amide bonds. The average Bonchev–Trinajstić information content (AvgIpc) is 3.04. The molecule has 2 unspecified atom stereocenters. The first kappa shape index (κ1) is 13.2. The zero-order valence-electron chi connectivity index (χ0n) is 12.2. The van der Waals surface area contributed by atoms with Gasteiger partial charge in [0.05, 0.1) is 13.1 Å². The molecule has 1 aliphatic carbocycles. The predicted molar refractivity (Wildman–Crippen MR) is 76.9 cm³/mol. The molecule has 0 radical (unpaired) electrons. The van der Waals surface area contributed by atoms with Gasteiger partial charge in [-0.3, -0.25) is 4.90 Å². The maximum Gasteiger partial charge on any atom is 0.118 e. The van der Waals surface area contributed by atoms with E-state index >= 15 is 0 Å². The smallest absolute Gasteiger partial charge is 0.118 e. The fourth-order valence-corrected chi connectivity index (χ4v) is 3.16. The Morgan fingerprint density at radius 2 is 2.00 bits per heavy atom. The molecule has 0 spiro atoms. The van der Waals surface area contributed by atoms with E-state index in [9.17, 15) is 0 Å². The van der Waals surface area contributed by atoms with E-state index in [2.05, 4.69) is 36.2 Å². The van der Waals surface area contributed by atoms with Crippen LogP contribution in [0.4, 0.5) is 0 Å². The highest BCUT2D eigenvalue weighted by molar-refractivity contribution is 5.08.